The van der Waals surface area contributed by atoms with Crippen LogP contribution in [-0.2, 0) is 14.3 Å². The van der Waals surface area contributed by atoms with Gasteiger partial charge in [-0.05, 0) is 46.0 Å². The highest BCUT2D eigenvalue weighted by Crippen LogP contribution is 2.30. The fourth-order valence-electron chi connectivity index (χ4n) is 3.90. The topological polar surface area (TPSA) is 81.5 Å². The third-order valence-electron chi connectivity index (χ3n) is 5.73. The zero-order valence-corrected chi connectivity index (χ0v) is 18.6. The highest BCUT2D eigenvalue weighted by molar-refractivity contribution is 5.79. The minimum atomic E-state index is -0.132. The van der Waals surface area contributed by atoms with Crippen LogP contribution in [0.2, 0.25) is 0 Å². The maximum Gasteiger partial charge on any atom is 0.225 e. The molecule has 30 heavy (non-hydrogen) atoms. The number of carbonyl (C=O) groups is 1. The number of nitrogens with zero attached hydrogens (tertiary/aromatic N) is 4. The molecule has 0 aliphatic carbocycles. The Morgan fingerprint density at radius 3 is 2.77 bits per heavy atom. The van der Waals surface area contributed by atoms with Gasteiger partial charge in [-0.3, -0.25) is 9.69 Å². The number of morpholine rings is 1. The molecule has 2 fully saturated rings. The van der Waals surface area contributed by atoms with Crippen LogP contribution in [0.1, 0.15) is 58.7 Å². The molecule has 0 unspecified atom stereocenters. The fourth-order valence-corrected chi connectivity index (χ4v) is 3.90. The van der Waals surface area contributed by atoms with E-state index < -0.39 is 0 Å². The first kappa shape index (κ1) is 22.7. The van der Waals surface area contributed by atoms with Crippen molar-refractivity contribution in [2.45, 2.75) is 71.2 Å². The summed E-state index contributed by atoms with van der Waals surface area (Å²) in [5.41, 5.74) is 0.694. The van der Waals surface area contributed by atoms with E-state index in [1.807, 2.05) is 31.6 Å². The van der Waals surface area contributed by atoms with Crippen LogP contribution in [0.3, 0.4) is 0 Å². The number of nitrogens with one attached hydrogen (secondary N) is 1. The van der Waals surface area contributed by atoms with Crippen LogP contribution >= 0.6 is 0 Å². The molecule has 3 rings (SSSR count). The van der Waals surface area contributed by atoms with E-state index in [0.717, 1.165) is 52.1 Å². The van der Waals surface area contributed by atoms with Crippen LogP contribution in [0.4, 0.5) is 0 Å². The average Bonchev–Trinajstić information content (AvgIpc) is 3.37. The number of carbonyl (C=O) groups excluding carboxylic acids is 1. The van der Waals surface area contributed by atoms with Crippen molar-refractivity contribution >= 4 is 5.91 Å². The van der Waals surface area contributed by atoms with Gasteiger partial charge in [0.2, 0.25) is 5.91 Å². The third-order valence-corrected chi connectivity index (χ3v) is 5.73. The van der Waals surface area contributed by atoms with Gasteiger partial charge in [0.25, 0.3) is 0 Å². The van der Waals surface area contributed by atoms with Crippen LogP contribution in [0, 0.1) is 17.8 Å². The molecule has 1 aromatic heterocycles. The summed E-state index contributed by atoms with van der Waals surface area (Å²) < 4.78 is 13.4. The molecule has 1 aromatic rings. The average molecular weight is 418 g/mol. The first-order valence-electron chi connectivity index (χ1n) is 11.1. The van der Waals surface area contributed by atoms with Gasteiger partial charge in [0.05, 0.1) is 50.1 Å². The van der Waals surface area contributed by atoms with Gasteiger partial charge in [-0.25, -0.2) is 4.68 Å². The Balaban J connectivity index is 1.45. The zero-order valence-electron chi connectivity index (χ0n) is 18.6. The van der Waals surface area contributed by atoms with Gasteiger partial charge in [0.1, 0.15) is 0 Å². The molecule has 0 radical (unpaired) electrons. The number of hydrogen-bond acceptors (Lipinski definition) is 6. The van der Waals surface area contributed by atoms with E-state index in [1.165, 1.54) is 0 Å². The summed E-state index contributed by atoms with van der Waals surface area (Å²) in [4.78, 5) is 14.5. The van der Waals surface area contributed by atoms with Crippen molar-refractivity contribution in [3.05, 3.63) is 11.9 Å². The van der Waals surface area contributed by atoms with Gasteiger partial charge in [0.15, 0.2) is 5.69 Å². The molecular weight excluding hydrogens is 382 g/mol. The maximum atomic E-state index is 12.2. The molecule has 0 spiro atoms. The molecule has 166 valence electrons. The molecule has 1 amide bonds. The molecule has 8 nitrogen and oxygen atoms in total. The predicted octanol–water partition coefficient (Wildman–Crippen LogP) is 1.62. The van der Waals surface area contributed by atoms with Crippen LogP contribution in [0.15, 0.2) is 6.20 Å². The van der Waals surface area contributed by atoms with E-state index in [1.54, 1.807) is 0 Å². The highest BCUT2D eigenvalue weighted by atomic mass is 16.5. The van der Waals surface area contributed by atoms with E-state index in [2.05, 4.69) is 39.3 Å². The molecule has 0 aromatic carbocycles. The molecular formula is C22H35N5O3. The molecule has 8 heteroatoms. The Morgan fingerprint density at radius 1 is 1.27 bits per heavy atom. The minimum absolute atomic E-state index is 0.0155. The Morgan fingerprint density at radius 2 is 2.03 bits per heavy atom. The monoisotopic (exact) mass is 417 g/mol. The predicted molar refractivity (Wildman–Crippen MR) is 114 cm³/mol. The lowest BCUT2D eigenvalue weighted by atomic mass is 10.00. The van der Waals surface area contributed by atoms with Gasteiger partial charge in [-0.2, -0.15) is 0 Å². The summed E-state index contributed by atoms with van der Waals surface area (Å²) in [7, 11) is 0. The maximum absolute atomic E-state index is 12.2. The Bertz CT molecular complexity index is 747. The molecule has 2 aliphatic heterocycles. The van der Waals surface area contributed by atoms with Crippen molar-refractivity contribution < 1.29 is 14.3 Å². The summed E-state index contributed by atoms with van der Waals surface area (Å²) in [6.45, 7) is 12.2. The van der Waals surface area contributed by atoms with Crippen molar-refractivity contribution in [1.29, 1.82) is 0 Å². The molecule has 3 heterocycles. The summed E-state index contributed by atoms with van der Waals surface area (Å²) in [6.07, 6.45) is 4.76. The van der Waals surface area contributed by atoms with Crippen molar-refractivity contribution in [2.75, 3.05) is 32.8 Å². The lowest BCUT2D eigenvalue weighted by Gasteiger charge is -2.24. The fraction of sp³-hybridized carbons (Fsp3) is 0.773. The zero-order chi connectivity index (χ0) is 21.5. The third kappa shape index (κ3) is 6.53. The standard InChI is InChI=1S/C22H35N5O3/c1-16(2)23-22(28)18(4)21-8-7-20(30-21)14-17(3)27-15-19(24-25-27)6-5-9-26-10-12-29-13-11-26/h15-18,20-21H,7-14H2,1-4H3,(H,23,28)/t17-,18-,20+,21-/m1/s1. The van der Waals surface area contributed by atoms with Gasteiger partial charge in [-0.15, -0.1) is 5.10 Å². The Kier molecular flexibility index (Phi) is 8.25. The van der Waals surface area contributed by atoms with E-state index in [-0.39, 0.29) is 36.1 Å². The molecule has 4 atom stereocenters. The van der Waals surface area contributed by atoms with Crippen LogP contribution in [0.25, 0.3) is 0 Å². The summed E-state index contributed by atoms with van der Waals surface area (Å²) in [5.74, 6) is 6.23. The minimum Gasteiger partial charge on any atom is -0.379 e. The number of rotatable bonds is 7. The summed E-state index contributed by atoms with van der Waals surface area (Å²) in [6, 6.07) is 0.312. The highest BCUT2D eigenvalue weighted by Gasteiger charge is 2.34. The SMILES string of the molecule is CC(C)NC(=O)[C@H](C)[C@H]1CC[C@@H](C[C@@H](C)n2cc(C#CCN3CCOCC3)nn2)O1. The van der Waals surface area contributed by atoms with E-state index in [0.29, 0.717) is 5.69 Å². The largest absolute Gasteiger partial charge is 0.379 e. The smallest absolute Gasteiger partial charge is 0.225 e. The molecule has 2 aliphatic rings. The lowest BCUT2D eigenvalue weighted by molar-refractivity contribution is -0.129. The van der Waals surface area contributed by atoms with Gasteiger partial charge < -0.3 is 14.8 Å². The molecule has 1 N–H and O–H groups in total. The van der Waals surface area contributed by atoms with Crippen molar-refractivity contribution in [3.63, 3.8) is 0 Å². The molecule has 2 saturated heterocycles. The quantitative estimate of drug-likeness (QED) is 0.679. The van der Waals surface area contributed by atoms with Gasteiger partial charge in [-0.1, -0.05) is 18.1 Å². The lowest BCUT2D eigenvalue weighted by Crippen LogP contribution is -2.39. The summed E-state index contributed by atoms with van der Waals surface area (Å²) >= 11 is 0. The summed E-state index contributed by atoms with van der Waals surface area (Å²) in [5, 5.41) is 11.4. The molecule has 0 bridgehead atoms. The van der Waals surface area contributed by atoms with Crippen molar-refractivity contribution in [1.82, 2.24) is 25.2 Å². The van der Waals surface area contributed by atoms with Crippen LogP contribution in [-0.4, -0.2) is 76.9 Å². The number of ether oxygens (including phenoxy) is 2. The van der Waals surface area contributed by atoms with Crippen LogP contribution in [0.5, 0.6) is 0 Å². The first-order valence-corrected chi connectivity index (χ1v) is 11.1. The van der Waals surface area contributed by atoms with Gasteiger partial charge >= 0.3 is 0 Å². The van der Waals surface area contributed by atoms with Crippen molar-refractivity contribution in [2.24, 2.45) is 5.92 Å². The Labute approximate surface area is 179 Å². The van der Waals surface area contributed by atoms with Gasteiger partial charge in [0, 0.05) is 19.1 Å². The van der Waals surface area contributed by atoms with E-state index in [4.69, 9.17) is 9.47 Å². The second-order valence-electron chi connectivity index (χ2n) is 8.68. The van der Waals surface area contributed by atoms with Crippen LogP contribution < -0.4 is 5.32 Å². The second-order valence-corrected chi connectivity index (χ2v) is 8.68. The number of aromatic nitrogens is 3. The van der Waals surface area contributed by atoms with E-state index in [9.17, 15) is 4.79 Å². The van der Waals surface area contributed by atoms with E-state index >= 15 is 0 Å². The first-order chi connectivity index (χ1) is 14.4. The molecule has 0 saturated carbocycles. The number of hydrogen-bond donors (Lipinski definition) is 1. The Hall–Kier alpha value is -1.95. The van der Waals surface area contributed by atoms with Crippen molar-refractivity contribution in [3.8, 4) is 11.8 Å². The second kappa shape index (κ2) is 10.9. The normalized spacial score (nSPS) is 24.3. The number of amides is 1.